The molecule has 6 heteroatoms. The smallest absolute Gasteiger partial charge is 0.191 e. The minimum atomic E-state index is -0.468. The normalized spacial score (nSPS) is 22.7. The number of aliphatic hydroxyl groups is 1. The molecule has 0 aromatic heterocycles. The van der Waals surface area contributed by atoms with E-state index in [-0.39, 0.29) is 17.7 Å². The number of hydrogen-bond donors (Lipinski definition) is 3. The molecule has 3 atom stereocenters. The molecule has 0 amide bonds. The maximum Gasteiger partial charge on any atom is 0.191 e. The van der Waals surface area contributed by atoms with E-state index in [4.69, 9.17) is 9.73 Å². The second kappa shape index (κ2) is 10.8. The summed E-state index contributed by atoms with van der Waals surface area (Å²) in [5.41, 5.74) is 0.904. The second-order valence-corrected chi connectivity index (χ2v) is 8.31. The number of morpholine rings is 1. The van der Waals surface area contributed by atoms with Crippen molar-refractivity contribution in [1.29, 1.82) is 0 Å². The molecule has 0 spiro atoms. The minimum absolute atomic E-state index is 0.0434. The average molecular weight is 391 g/mol. The Balaban J connectivity index is 1.88. The van der Waals surface area contributed by atoms with Gasteiger partial charge in [-0.05, 0) is 46.6 Å². The summed E-state index contributed by atoms with van der Waals surface area (Å²) in [5, 5.41) is 17.0. The van der Waals surface area contributed by atoms with Gasteiger partial charge in [0.1, 0.15) is 0 Å². The fourth-order valence-electron chi connectivity index (χ4n) is 3.56. The first-order valence-corrected chi connectivity index (χ1v) is 10.5. The molecule has 1 aromatic carbocycles. The van der Waals surface area contributed by atoms with Crippen LogP contribution in [-0.2, 0) is 4.74 Å². The van der Waals surface area contributed by atoms with Gasteiger partial charge >= 0.3 is 0 Å². The van der Waals surface area contributed by atoms with Gasteiger partial charge in [-0.15, -0.1) is 0 Å². The maximum atomic E-state index is 10.3. The largest absolute Gasteiger partial charge is 0.388 e. The molecule has 1 aliphatic rings. The molecule has 1 aliphatic heterocycles. The quantitative estimate of drug-likeness (QED) is 0.470. The summed E-state index contributed by atoms with van der Waals surface area (Å²) in [7, 11) is 0. The molecule has 1 heterocycles. The summed E-state index contributed by atoms with van der Waals surface area (Å²) < 4.78 is 5.86. The fourth-order valence-corrected chi connectivity index (χ4v) is 3.56. The number of aliphatic hydroxyl groups excluding tert-OH is 1. The zero-order valence-electron chi connectivity index (χ0n) is 18.1. The predicted octanol–water partition coefficient (Wildman–Crippen LogP) is 2.55. The molecule has 1 fully saturated rings. The van der Waals surface area contributed by atoms with Gasteiger partial charge in [0.2, 0.25) is 0 Å². The van der Waals surface area contributed by atoms with E-state index in [2.05, 4.69) is 50.2 Å². The van der Waals surface area contributed by atoms with Gasteiger partial charge in [-0.1, -0.05) is 30.3 Å². The van der Waals surface area contributed by atoms with Gasteiger partial charge in [0.05, 0.1) is 24.9 Å². The van der Waals surface area contributed by atoms with Gasteiger partial charge in [-0.25, -0.2) is 0 Å². The summed E-state index contributed by atoms with van der Waals surface area (Å²) in [6.45, 7) is 14.8. The van der Waals surface area contributed by atoms with Crippen LogP contribution in [0.3, 0.4) is 0 Å². The minimum Gasteiger partial charge on any atom is -0.388 e. The number of nitrogens with one attached hydrogen (secondary N) is 2. The second-order valence-electron chi connectivity index (χ2n) is 8.31. The van der Waals surface area contributed by atoms with Crippen molar-refractivity contribution in [3.05, 3.63) is 35.9 Å². The van der Waals surface area contributed by atoms with Crippen LogP contribution in [0.15, 0.2) is 35.3 Å². The monoisotopic (exact) mass is 390 g/mol. The molecule has 0 bridgehead atoms. The SMILES string of the molecule is CCNC(=NCC(C)(C)N1CC(C)OC(C)C1)NCCC(O)c1ccccc1. The molecule has 2 rings (SSSR count). The molecule has 6 nitrogen and oxygen atoms in total. The van der Waals surface area contributed by atoms with E-state index in [0.717, 1.165) is 31.2 Å². The van der Waals surface area contributed by atoms with Crippen molar-refractivity contribution in [2.24, 2.45) is 4.99 Å². The van der Waals surface area contributed by atoms with E-state index in [0.29, 0.717) is 19.5 Å². The molecule has 0 saturated carbocycles. The van der Waals surface area contributed by atoms with Crippen molar-refractivity contribution in [3.8, 4) is 0 Å². The Morgan fingerprint density at radius 3 is 2.46 bits per heavy atom. The molecule has 1 aromatic rings. The molecule has 1 saturated heterocycles. The van der Waals surface area contributed by atoms with E-state index in [9.17, 15) is 5.11 Å². The molecule has 0 aliphatic carbocycles. The lowest BCUT2D eigenvalue weighted by atomic mass is 10.0. The third kappa shape index (κ3) is 7.08. The number of hydrogen-bond acceptors (Lipinski definition) is 4. The van der Waals surface area contributed by atoms with Crippen LogP contribution in [0.4, 0.5) is 0 Å². The highest BCUT2D eigenvalue weighted by atomic mass is 16.5. The molecule has 3 unspecified atom stereocenters. The van der Waals surface area contributed by atoms with Crippen LogP contribution < -0.4 is 10.6 Å². The van der Waals surface area contributed by atoms with Crippen LogP contribution in [0.2, 0.25) is 0 Å². The van der Waals surface area contributed by atoms with Crippen LogP contribution in [0, 0.1) is 0 Å². The van der Waals surface area contributed by atoms with Crippen LogP contribution in [-0.4, -0.2) is 66.4 Å². The number of benzene rings is 1. The lowest BCUT2D eigenvalue weighted by Gasteiger charge is -2.44. The van der Waals surface area contributed by atoms with Gasteiger partial charge in [0.25, 0.3) is 0 Å². The summed E-state index contributed by atoms with van der Waals surface area (Å²) >= 11 is 0. The highest BCUT2D eigenvalue weighted by Crippen LogP contribution is 2.21. The standard InChI is InChI=1S/C22H38N4O2/c1-6-23-21(24-13-12-20(27)19-10-8-7-9-11-19)25-16-22(4,5)26-14-17(2)28-18(3)15-26/h7-11,17-18,20,27H,6,12-16H2,1-5H3,(H2,23,24,25). The average Bonchev–Trinajstić information content (AvgIpc) is 2.66. The maximum absolute atomic E-state index is 10.3. The molecular formula is C22H38N4O2. The first kappa shape index (κ1) is 22.7. The summed E-state index contributed by atoms with van der Waals surface area (Å²) in [4.78, 5) is 7.28. The summed E-state index contributed by atoms with van der Waals surface area (Å²) in [6, 6.07) is 9.77. The zero-order valence-corrected chi connectivity index (χ0v) is 18.1. The molecule has 28 heavy (non-hydrogen) atoms. The van der Waals surface area contributed by atoms with Crippen molar-refractivity contribution in [1.82, 2.24) is 15.5 Å². The summed E-state index contributed by atoms with van der Waals surface area (Å²) in [5.74, 6) is 0.796. The van der Waals surface area contributed by atoms with E-state index >= 15 is 0 Å². The van der Waals surface area contributed by atoms with Crippen LogP contribution in [0.5, 0.6) is 0 Å². The van der Waals surface area contributed by atoms with Crippen LogP contribution in [0.25, 0.3) is 0 Å². The molecule has 158 valence electrons. The van der Waals surface area contributed by atoms with E-state index in [1.165, 1.54) is 0 Å². The number of nitrogens with zero attached hydrogens (tertiary/aromatic N) is 2. The molecule has 0 radical (unpaired) electrons. The summed E-state index contributed by atoms with van der Waals surface area (Å²) in [6.07, 6.45) is 0.663. The van der Waals surface area contributed by atoms with E-state index in [1.807, 2.05) is 30.3 Å². The van der Waals surface area contributed by atoms with Crippen molar-refractivity contribution in [2.45, 2.75) is 64.9 Å². The van der Waals surface area contributed by atoms with E-state index in [1.54, 1.807) is 0 Å². The van der Waals surface area contributed by atoms with Crippen molar-refractivity contribution in [2.75, 3.05) is 32.7 Å². The van der Waals surface area contributed by atoms with Gasteiger partial charge in [-0.3, -0.25) is 9.89 Å². The Morgan fingerprint density at radius 1 is 1.21 bits per heavy atom. The Labute approximate surface area is 170 Å². The number of ether oxygens (including phenoxy) is 1. The highest BCUT2D eigenvalue weighted by molar-refractivity contribution is 5.79. The molecular weight excluding hydrogens is 352 g/mol. The third-order valence-corrected chi connectivity index (χ3v) is 5.14. The first-order valence-electron chi connectivity index (χ1n) is 10.5. The fraction of sp³-hybridized carbons (Fsp3) is 0.682. The van der Waals surface area contributed by atoms with Crippen LogP contribution >= 0.6 is 0 Å². The van der Waals surface area contributed by atoms with Gasteiger partial charge in [0, 0.05) is 31.7 Å². The van der Waals surface area contributed by atoms with Crippen molar-refractivity contribution < 1.29 is 9.84 Å². The number of guanidine groups is 1. The Kier molecular flexibility index (Phi) is 8.73. The lowest BCUT2D eigenvalue weighted by molar-refractivity contribution is -0.0939. The van der Waals surface area contributed by atoms with E-state index < -0.39 is 6.10 Å². The highest BCUT2D eigenvalue weighted by Gasteiger charge is 2.33. The zero-order chi connectivity index (χ0) is 20.6. The lowest BCUT2D eigenvalue weighted by Crippen LogP contribution is -2.56. The number of rotatable bonds is 8. The Morgan fingerprint density at radius 2 is 1.86 bits per heavy atom. The van der Waals surface area contributed by atoms with Gasteiger partial charge in [0.15, 0.2) is 5.96 Å². The Bertz CT molecular complexity index is 596. The third-order valence-electron chi connectivity index (χ3n) is 5.14. The molecule has 3 N–H and O–H groups in total. The topological polar surface area (TPSA) is 69.1 Å². The Hall–Kier alpha value is -1.63. The van der Waals surface area contributed by atoms with Gasteiger partial charge in [-0.2, -0.15) is 0 Å². The number of aliphatic imine (C=N–C) groups is 1. The van der Waals surface area contributed by atoms with Crippen molar-refractivity contribution in [3.63, 3.8) is 0 Å². The van der Waals surface area contributed by atoms with Crippen LogP contribution in [0.1, 0.15) is 52.7 Å². The van der Waals surface area contributed by atoms with Crippen molar-refractivity contribution >= 4 is 5.96 Å². The first-order chi connectivity index (χ1) is 13.3. The predicted molar refractivity (Wildman–Crippen MR) is 116 cm³/mol. The van der Waals surface area contributed by atoms with Gasteiger partial charge < -0.3 is 20.5 Å².